The van der Waals surface area contributed by atoms with Gasteiger partial charge in [0.25, 0.3) is 5.91 Å². The van der Waals surface area contributed by atoms with Crippen LogP contribution >= 0.6 is 0 Å². The molecule has 0 bridgehead atoms. The number of anilines is 1. The summed E-state index contributed by atoms with van der Waals surface area (Å²) >= 11 is 0. The van der Waals surface area contributed by atoms with E-state index < -0.39 is 0 Å². The second-order valence-corrected chi connectivity index (χ2v) is 8.80. The molecule has 30 heavy (non-hydrogen) atoms. The van der Waals surface area contributed by atoms with Crippen molar-refractivity contribution in [3.8, 4) is 11.4 Å². The SMILES string of the molecule is Cc1ccc(-c2ncc(C(=O)N3CCN(C)CC3)c(N(C)C3CCCCC3)n2)cc1. The van der Waals surface area contributed by atoms with Crippen LogP contribution in [0.15, 0.2) is 30.5 Å². The molecule has 1 aromatic carbocycles. The number of carbonyl (C=O) groups is 1. The van der Waals surface area contributed by atoms with Crippen LogP contribution in [0.25, 0.3) is 11.4 Å². The van der Waals surface area contributed by atoms with E-state index in [2.05, 4.69) is 60.1 Å². The van der Waals surface area contributed by atoms with E-state index in [0.29, 0.717) is 17.4 Å². The first-order chi connectivity index (χ1) is 14.5. The lowest BCUT2D eigenvalue weighted by Crippen LogP contribution is -2.47. The molecular formula is C24H33N5O. The molecule has 1 saturated carbocycles. The van der Waals surface area contributed by atoms with Crippen molar-refractivity contribution in [3.63, 3.8) is 0 Å². The molecule has 1 aliphatic heterocycles. The van der Waals surface area contributed by atoms with Gasteiger partial charge in [0.1, 0.15) is 11.4 Å². The average molecular weight is 408 g/mol. The van der Waals surface area contributed by atoms with Crippen molar-refractivity contribution in [3.05, 3.63) is 41.6 Å². The molecule has 2 aromatic rings. The van der Waals surface area contributed by atoms with Crippen molar-refractivity contribution < 1.29 is 4.79 Å². The highest BCUT2D eigenvalue weighted by atomic mass is 16.2. The largest absolute Gasteiger partial charge is 0.356 e. The van der Waals surface area contributed by atoms with Gasteiger partial charge in [0.05, 0.1) is 0 Å². The second kappa shape index (κ2) is 9.13. The van der Waals surface area contributed by atoms with Crippen molar-refractivity contribution in [1.29, 1.82) is 0 Å². The van der Waals surface area contributed by atoms with Crippen molar-refractivity contribution in [1.82, 2.24) is 19.8 Å². The quantitative estimate of drug-likeness (QED) is 0.775. The number of rotatable bonds is 4. The van der Waals surface area contributed by atoms with Gasteiger partial charge in [-0.25, -0.2) is 9.97 Å². The van der Waals surface area contributed by atoms with Crippen LogP contribution in [0.3, 0.4) is 0 Å². The van der Waals surface area contributed by atoms with Gasteiger partial charge in [-0.05, 0) is 26.8 Å². The van der Waals surface area contributed by atoms with Gasteiger partial charge in [0.2, 0.25) is 0 Å². The lowest BCUT2D eigenvalue weighted by Gasteiger charge is -2.35. The van der Waals surface area contributed by atoms with E-state index in [0.717, 1.165) is 50.4 Å². The minimum atomic E-state index is 0.0521. The lowest BCUT2D eigenvalue weighted by atomic mass is 9.94. The first-order valence-corrected chi connectivity index (χ1v) is 11.2. The Bertz CT molecular complexity index is 868. The summed E-state index contributed by atoms with van der Waals surface area (Å²) in [6.07, 6.45) is 7.84. The highest BCUT2D eigenvalue weighted by molar-refractivity contribution is 5.99. The summed E-state index contributed by atoms with van der Waals surface area (Å²) in [5.41, 5.74) is 2.82. The van der Waals surface area contributed by atoms with Crippen molar-refractivity contribution in [2.45, 2.75) is 45.1 Å². The van der Waals surface area contributed by atoms with Gasteiger partial charge in [-0.3, -0.25) is 4.79 Å². The van der Waals surface area contributed by atoms with E-state index >= 15 is 0 Å². The summed E-state index contributed by atoms with van der Waals surface area (Å²) in [7, 11) is 4.20. The molecule has 0 spiro atoms. The number of carbonyl (C=O) groups excluding carboxylic acids is 1. The molecule has 0 N–H and O–H groups in total. The third-order valence-corrected chi connectivity index (χ3v) is 6.56. The Morgan fingerprint density at radius 3 is 2.37 bits per heavy atom. The fraction of sp³-hybridized carbons (Fsp3) is 0.542. The summed E-state index contributed by atoms with van der Waals surface area (Å²) in [4.78, 5) is 29.4. The minimum absolute atomic E-state index is 0.0521. The molecule has 1 aliphatic carbocycles. The number of likely N-dealkylation sites (N-methyl/N-ethyl adjacent to an activating group) is 1. The fourth-order valence-corrected chi connectivity index (χ4v) is 4.46. The number of benzene rings is 1. The third kappa shape index (κ3) is 4.48. The molecule has 6 nitrogen and oxygen atoms in total. The second-order valence-electron chi connectivity index (χ2n) is 8.80. The van der Waals surface area contributed by atoms with E-state index in [1.165, 1.54) is 24.8 Å². The Morgan fingerprint density at radius 1 is 1.03 bits per heavy atom. The standard InChI is InChI=1S/C24H33N5O/c1-18-9-11-19(12-10-18)22-25-17-21(24(30)29-15-13-27(2)14-16-29)23(26-22)28(3)20-7-5-4-6-8-20/h9-12,17,20H,4-8,13-16H2,1-3H3. The molecule has 160 valence electrons. The molecule has 0 unspecified atom stereocenters. The normalized spacial score (nSPS) is 18.4. The average Bonchev–Trinajstić information content (AvgIpc) is 2.79. The lowest BCUT2D eigenvalue weighted by molar-refractivity contribution is 0.0664. The van der Waals surface area contributed by atoms with E-state index in [1.807, 2.05) is 4.90 Å². The Morgan fingerprint density at radius 2 is 1.70 bits per heavy atom. The molecule has 2 heterocycles. The zero-order chi connectivity index (χ0) is 21.1. The minimum Gasteiger partial charge on any atom is -0.356 e. The molecule has 4 rings (SSSR count). The Balaban J connectivity index is 1.68. The monoisotopic (exact) mass is 407 g/mol. The molecule has 6 heteroatoms. The van der Waals surface area contributed by atoms with Gasteiger partial charge < -0.3 is 14.7 Å². The first kappa shape index (κ1) is 20.8. The van der Waals surface area contributed by atoms with Gasteiger partial charge >= 0.3 is 0 Å². The highest BCUT2D eigenvalue weighted by Crippen LogP contribution is 2.29. The van der Waals surface area contributed by atoms with E-state index in [9.17, 15) is 4.79 Å². The summed E-state index contributed by atoms with van der Waals surface area (Å²) in [5.74, 6) is 1.51. The molecule has 2 aliphatic rings. The molecule has 1 saturated heterocycles. The highest BCUT2D eigenvalue weighted by Gasteiger charge is 2.28. The first-order valence-electron chi connectivity index (χ1n) is 11.2. The molecule has 1 aromatic heterocycles. The molecule has 0 radical (unpaired) electrons. The van der Waals surface area contributed by atoms with Gasteiger partial charge in [0, 0.05) is 51.0 Å². The van der Waals surface area contributed by atoms with Gasteiger partial charge in [-0.1, -0.05) is 49.1 Å². The fourth-order valence-electron chi connectivity index (χ4n) is 4.46. The van der Waals surface area contributed by atoms with Crippen LogP contribution in [0.1, 0.15) is 48.0 Å². The summed E-state index contributed by atoms with van der Waals surface area (Å²) < 4.78 is 0. The molecule has 0 atom stereocenters. The number of aromatic nitrogens is 2. The van der Waals surface area contributed by atoms with Crippen molar-refractivity contribution in [2.75, 3.05) is 45.2 Å². The van der Waals surface area contributed by atoms with Crippen LogP contribution in [0, 0.1) is 6.92 Å². The third-order valence-electron chi connectivity index (χ3n) is 6.56. The van der Waals surface area contributed by atoms with E-state index in [-0.39, 0.29) is 5.91 Å². The Kier molecular flexibility index (Phi) is 6.32. The maximum Gasteiger partial charge on any atom is 0.259 e. The number of hydrogen-bond donors (Lipinski definition) is 0. The zero-order valence-corrected chi connectivity index (χ0v) is 18.5. The predicted molar refractivity (Wildman–Crippen MR) is 121 cm³/mol. The van der Waals surface area contributed by atoms with Crippen molar-refractivity contribution in [2.24, 2.45) is 0 Å². The zero-order valence-electron chi connectivity index (χ0n) is 18.5. The Labute approximate surface area is 179 Å². The topological polar surface area (TPSA) is 52.6 Å². The summed E-state index contributed by atoms with van der Waals surface area (Å²) in [6.45, 7) is 5.39. The van der Waals surface area contributed by atoms with Gasteiger partial charge in [0.15, 0.2) is 5.82 Å². The van der Waals surface area contributed by atoms with Gasteiger partial charge in [-0.15, -0.1) is 0 Å². The maximum absolute atomic E-state index is 13.4. The van der Waals surface area contributed by atoms with Crippen LogP contribution in [0.2, 0.25) is 0 Å². The summed E-state index contributed by atoms with van der Waals surface area (Å²) in [6, 6.07) is 8.69. The predicted octanol–water partition coefficient (Wildman–Crippen LogP) is 3.61. The maximum atomic E-state index is 13.4. The van der Waals surface area contributed by atoms with Gasteiger partial charge in [-0.2, -0.15) is 0 Å². The van der Waals surface area contributed by atoms with Crippen LogP contribution < -0.4 is 4.90 Å². The van der Waals surface area contributed by atoms with Crippen LogP contribution in [0.4, 0.5) is 5.82 Å². The molecular weight excluding hydrogens is 374 g/mol. The number of nitrogens with zero attached hydrogens (tertiary/aromatic N) is 5. The van der Waals surface area contributed by atoms with Crippen molar-refractivity contribution >= 4 is 11.7 Å². The number of amides is 1. The van der Waals surface area contributed by atoms with E-state index in [4.69, 9.17) is 4.98 Å². The molecule has 1 amide bonds. The number of piperazine rings is 1. The molecule has 2 fully saturated rings. The smallest absolute Gasteiger partial charge is 0.259 e. The van der Waals surface area contributed by atoms with Crippen LogP contribution in [0.5, 0.6) is 0 Å². The van der Waals surface area contributed by atoms with Crippen LogP contribution in [-0.2, 0) is 0 Å². The summed E-state index contributed by atoms with van der Waals surface area (Å²) in [5, 5.41) is 0. The number of aryl methyl sites for hydroxylation is 1. The van der Waals surface area contributed by atoms with Crippen LogP contribution in [-0.4, -0.2) is 72.0 Å². The van der Waals surface area contributed by atoms with E-state index in [1.54, 1.807) is 6.20 Å². The number of hydrogen-bond acceptors (Lipinski definition) is 5. The Hall–Kier alpha value is -2.47.